The van der Waals surface area contributed by atoms with E-state index in [0.29, 0.717) is 6.61 Å². The SMILES string of the molecule is COCc1cc(C(C)=O)cn1C. The van der Waals surface area contributed by atoms with Crippen LogP contribution in [-0.4, -0.2) is 17.5 Å². The fourth-order valence-corrected chi connectivity index (χ4v) is 1.09. The molecule has 0 fully saturated rings. The van der Waals surface area contributed by atoms with E-state index in [9.17, 15) is 4.79 Å². The Bertz CT molecular complexity index is 289. The van der Waals surface area contributed by atoms with Gasteiger partial charge < -0.3 is 9.30 Å². The number of rotatable bonds is 3. The molecule has 0 saturated carbocycles. The summed E-state index contributed by atoms with van der Waals surface area (Å²) in [6, 6.07) is 1.85. The molecule has 0 bridgehead atoms. The standard InChI is InChI=1S/C9H13NO2/c1-7(11)8-4-9(6-12-3)10(2)5-8/h4-5H,6H2,1-3H3. The fraction of sp³-hybridized carbons (Fsp3) is 0.444. The van der Waals surface area contributed by atoms with Crippen LogP contribution < -0.4 is 0 Å². The number of ether oxygens (including phenoxy) is 1. The van der Waals surface area contributed by atoms with E-state index < -0.39 is 0 Å². The van der Waals surface area contributed by atoms with Crippen molar-refractivity contribution in [3.05, 3.63) is 23.5 Å². The molecule has 0 aromatic carbocycles. The van der Waals surface area contributed by atoms with Gasteiger partial charge in [-0.05, 0) is 13.0 Å². The Morgan fingerprint density at radius 3 is 2.75 bits per heavy atom. The summed E-state index contributed by atoms with van der Waals surface area (Å²) >= 11 is 0. The van der Waals surface area contributed by atoms with E-state index in [1.54, 1.807) is 14.0 Å². The Balaban J connectivity index is 2.92. The highest BCUT2D eigenvalue weighted by Gasteiger charge is 2.05. The minimum absolute atomic E-state index is 0.0907. The van der Waals surface area contributed by atoms with Crippen molar-refractivity contribution in [3.8, 4) is 0 Å². The van der Waals surface area contributed by atoms with Crippen LogP contribution in [0.15, 0.2) is 12.3 Å². The van der Waals surface area contributed by atoms with Gasteiger partial charge in [-0.2, -0.15) is 0 Å². The topological polar surface area (TPSA) is 31.2 Å². The van der Waals surface area contributed by atoms with Gasteiger partial charge in [0.05, 0.1) is 6.61 Å². The maximum absolute atomic E-state index is 11.0. The molecule has 1 rings (SSSR count). The number of Topliss-reactive ketones (excluding diaryl/α,β-unsaturated/α-hetero) is 1. The Kier molecular flexibility index (Phi) is 2.65. The smallest absolute Gasteiger partial charge is 0.161 e. The van der Waals surface area contributed by atoms with Gasteiger partial charge in [-0.3, -0.25) is 4.79 Å². The summed E-state index contributed by atoms with van der Waals surface area (Å²) < 4.78 is 6.87. The molecule has 1 aromatic rings. The zero-order valence-corrected chi connectivity index (χ0v) is 7.63. The summed E-state index contributed by atoms with van der Waals surface area (Å²) in [5, 5.41) is 0. The summed E-state index contributed by atoms with van der Waals surface area (Å²) in [5.74, 6) is 0.0907. The predicted octanol–water partition coefficient (Wildman–Crippen LogP) is 1.37. The van der Waals surface area contributed by atoms with Crippen molar-refractivity contribution in [1.29, 1.82) is 0 Å². The lowest BCUT2D eigenvalue weighted by molar-refractivity contribution is 0.101. The number of aryl methyl sites for hydroxylation is 1. The molecule has 0 spiro atoms. The molecule has 0 aliphatic heterocycles. The normalized spacial score (nSPS) is 10.2. The molecule has 1 heterocycles. The third kappa shape index (κ3) is 1.74. The molecule has 0 amide bonds. The highest BCUT2D eigenvalue weighted by atomic mass is 16.5. The van der Waals surface area contributed by atoms with Crippen molar-refractivity contribution in [1.82, 2.24) is 4.57 Å². The van der Waals surface area contributed by atoms with E-state index in [0.717, 1.165) is 11.3 Å². The van der Waals surface area contributed by atoms with Gasteiger partial charge in [-0.25, -0.2) is 0 Å². The summed E-state index contributed by atoms with van der Waals surface area (Å²) in [4.78, 5) is 11.0. The van der Waals surface area contributed by atoms with Gasteiger partial charge in [-0.1, -0.05) is 0 Å². The van der Waals surface area contributed by atoms with Gasteiger partial charge in [0.15, 0.2) is 5.78 Å². The zero-order valence-electron chi connectivity index (χ0n) is 7.63. The first kappa shape index (κ1) is 9.00. The molecule has 0 N–H and O–H groups in total. The van der Waals surface area contributed by atoms with Crippen LogP contribution in [0.2, 0.25) is 0 Å². The minimum atomic E-state index is 0.0907. The van der Waals surface area contributed by atoms with Crippen LogP contribution in [0, 0.1) is 0 Å². The van der Waals surface area contributed by atoms with Gasteiger partial charge in [0, 0.05) is 31.6 Å². The van der Waals surface area contributed by atoms with E-state index in [4.69, 9.17) is 4.74 Å². The van der Waals surface area contributed by atoms with Gasteiger partial charge in [0.1, 0.15) is 0 Å². The Morgan fingerprint density at radius 1 is 1.67 bits per heavy atom. The Labute approximate surface area is 72.0 Å². The molecule has 3 heteroatoms. The van der Waals surface area contributed by atoms with Crippen LogP contribution in [0.25, 0.3) is 0 Å². The van der Waals surface area contributed by atoms with Crippen molar-refractivity contribution < 1.29 is 9.53 Å². The van der Waals surface area contributed by atoms with E-state index >= 15 is 0 Å². The second-order valence-electron chi connectivity index (χ2n) is 2.82. The molecule has 0 aliphatic carbocycles. The maximum Gasteiger partial charge on any atom is 0.161 e. The highest BCUT2D eigenvalue weighted by Crippen LogP contribution is 2.08. The largest absolute Gasteiger partial charge is 0.378 e. The first-order valence-corrected chi connectivity index (χ1v) is 3.80. The second kappa shape index (κ2) is 3.54. The Morgan fingerprint density at radius 2 is 2.33 bits per heavy atom. The van der Waals surface area contributed by atoms with Crippen LogP contribution in [0.4, 0.5) is 0 Å². The van der Waals surface area contributed by atoms with Crippen molar-refractivity contribution in [2.24, 2.45) is 7.05 Å². The quantitative estimate of drug-likeness (QED) is 0.637. The third-order valence-electron chi connectivity index (χ3n) is 1.81. The number of ketones is 1. The van der Waals surface area contributed by atoms with Crippen molar-refractivity contribution >= 4 is 5.78 Å². The molecule has 0 radical (unpaired) electrons. The highest BCUT2D eigenvalue weighted by molar-refractivity contribution is 5.94. The third-order valence-corrected chi connectivity index (χ3v) is 1.81. The fourth-order valence-electron chi connectivity index (χ4n) is 1.09. The molecule has 12 heavy (non-hydrogen) atoms. The monoisotopic (exact) mass is 167 g/mol. The van der Waals surface area contributed by atoms with E-state index in [2.05, 4.69) is 0 Å². The predicted molar refractivity (Wildman–Crippen MR) is 46.1 cm³/mol. The molecular weight excluding hydrogens is 154 g/mol. The molecule has 3 nitrogen and oxygen atoms in total. The number of hydrogen-bond donors (Lipinski definition) is 0. The average Bonchev–Trinajstić information content (AvgIpc) is 2.34. The van der Waals surface area contributed by atoms with E-state index in [1.807, 2.05) is 23.9 Å². The van der Waals surface area contributed by atoms with E-state index in [-0.39, 0.29) is 5.78 Å². The second-order valence-corrected chi connectivity index (χ2v) is 2.82. The lowest BCUT2D eigenvalue weighted by atomic mass is 10.2. The molecule has 0 aliphatic rings. The van der Waals surface area contributed by atoms with Crippen molar-refractivity contribution in [3.63, 3.8) is 0 Å². The number of hydrogen-bond acceptors (Lipinski definition) is 2. The van der Waals surface area contributed by atoms with Crippen LogP contribution in [0.3, 0.4) is 0 Å². The van der Waals surface area contributed by atoms with Crippen molar-refractivity contribution in [2.45, 2.75) is 13.5 Å². The molecule has 0 atom stereocenters. The molecule has 66 valence electrons. The van der Waals surface area contributed by atoms with Gasteiger partial charge in [0.25, 0.3) is 0 Å². The molecule has 1 aromatic heterocycles. The Hall–Kier alpha value is -1.09. The van der Waals surface area contributed by atoms with Gasteiger partial charge >= 0.3 is 0 Å². The van der Waals surface area contributed by atoms with E-state index in [1.165, 1.54) is 0 Å². The number of carbonyl (C=O) groups excluding carboxylic acids is 1. The summed E-state index contributed by atoms with van der Waals surface area (Å²) in [7, 11) is 3.54. The average molecular weight is 167 g/mol. The zero-order chi connectivity index (χ0) is 9.14. The molecule has 0 saturated heterocycles. The van der Waals surface area contributed by atoms with Crippen LogP contribution in [-0.2, 0) is 18.4 Å². The van der Waals surface area contributed by atoms with Crippen LogP contribution in [0.1, 0.15) is 23.0 Å². The molecular formula is C9H13NO2. The van der Waals surface area contributed by atoms with Crippen LogP contribution in [0.5, 0.6) is 0 Å². The lowest BCUT2D eigenvalue weighted by Gasteiger charge is -1.98. The van der Waals surface area contributed by atoms with Gasteiger partial charge in [-0.15, -0.1) is 0 Å². The number of aromatic nitrogens is 1. The van der Waals surface area contributed by atoms with Crippen LogP contribution >= 0.6 is 0 Å². The van der Waals surface area contributed by atoms with Gasteiger partial charge in [0.2, 0.25) is 0 Å². The number of methoxy groups -OCH3 is 1. The first-order valence-electron chi connectivity index (χ1n) is 3.80. The maximum atomic E-state index is 11.0. The minimum Gasteiger partial charge on any atom is -0.378 e. The summed E-state index contributed by atoms with van der Waals surface area (Å²) in [6.45, 7) is 2.11. The summed E-state index contributed by atoms with van der Waals surface area (Å²) in [6.07, 6.45) is 1.82. The lowest BCUT2D eigenvalue weighted by Crippen LogP contribution is -1.95. The molecule has 0 unspecified atom stereocenters. The van der Waals surface area contributed by atoms with Crippen molar-refractivity contribution in [2.75, 3.05) is 7.11 Å². The number of nitrogens with zero attached hydrogens (tertiary/aromatic N) is 1. The number of carbonyl (C=O) groups is 1. The summed E-state index contributed by atoms with van der Waals surface area (Å²) in [5.41, 5.74) is 1.76. The first-order chi connectivity index (χ1) is 5.65.